The minimum Gasteiger partial charge on any atom is -0.306 e. The summed E-state index contributed by atoms with van der Waals surface area (Å²) in [5, 5.41) is 0. The fraction of sp³-hybridized carbons (Fsp3) is 1.00. The van der Waals surface area contributed by atoms with E-state index in [2.05, 4.69) is 35.7 Å². The minimum atomic E-state index is 0.584. The van der Waals surface area contributed by atoms with Crippen LogP contribution in [0, 0.1) is 17.3 Å². The molecule has 3 nitrogen and oxygen atoms in total. The molecule has 0 radical (unpaired) electrons. The second kappa shape index (κ2) is 4.77. The number of hydrogen-bond acceptors (Lipinski definition) is 3. The van der Waals surface area contributed by atoms with Crippen LogP contribution in [0.5, 0.6) is 0 Å². The minimum absolute atomic E-state index is 0.584. The average Bonchev–Trinajstić information content (AvgIpc) is 2.71. The van der Waals surface area contributed by atoms with Crippen LogP contribution < -0.4 is 0 Å². The monoisotopic (exact) mass is 251 g/mol. The zero-order chi connectivity index (χ0) is 12.8. The van der Waals surface area contributed by atoms with Crippen LogP contribution >= 0.6 is 0 Å². The fourth-order valence-corrected chi connectivity index (χ4v) is 4.50. The molecule has 18 heavy (non-hydrogen) atoms. The van der Waals surface area contributed by atoms with Crippen molar-refractivity contribution in [2.75, 3.05) is 59.9 Å². The third-order valence-electron chi connectivity index (χ3n) is 5.57. The molecule has 104 valence electrons. The zero-order valence-corrected chi connectivity index (χ0v) is 12.4. The van der Waals surface area contributed by atoms with Gasteiger partial charge < -0.3 is 14.7 Å². The van der Waals surface area contributed by atoms with E-state index in [-0.39, 0.29) is 0 Å². The summed E-state index contributed by atoms with van der Waals surface area (Å²) in [6.45, 7) is 11.8. The second-order valence-electron chi connectivity index (χ2n) is 7.49. The van der Waals surface area contributed by atoms with Gasteiger partial charge in [0.1, 0.15) is 0 Å². The van der Waals surface area contributed by atoms with Crippen LogP contribution in [0.4, 0.5) is 0 Å². The van der Waals surface area contributed by atoms with Gasteiger partial charge in [-0.2, -0.15) is 0 Å². The van der Waals surface area contributed by atoms with Gasteiger partial charge in [0.25, 0.3) is 0 Å². The van der Waals surface area contributed by atoms with Gasteiger partial charge in [-0.15, -0.1) is 0 Å². The lowest BCUT2D eigenvalue weighted by Gasteiger charge is -2.32. The van der Waals surface area contributed by atoms with Crippen molar-refractivity contribution in [2.24, 2.45) is 17.3 Å². The SMILES string of the molecule is CN1CCC(CN2C[C@@H]3CN(C)C[C@]3(C)C2)CC1. The van der Waals surface area contributed by atoms with E-state index >= 15 is 0 Å². The third-order valence-corrected chi connectivity index (χ3v) is 5.57. The van der Waals surface area contributed by atoms with Crippen LogP contribution in [-0.4, -0.2) is 74.6 Å². The Balaban J connectivity index is 1.51. The summed E-state index contributed by atoms with van der Waals surface area (Å²) >= 11 is 0. The number of hydrogen-bond donors (Lipinski definition) is 0. The first-order chi connectivity index (χ1) is 8.55. The maximum atomic E-state index is 2.77. The summed E-state index contributed by atoms with van der Waals surface area (Å²) in [7, 11) is 4.54. The molecule has 0 aromatic heterocycles. The molecule has 0 aromatic rings. The maximum absolute atomic E-state index is 2.77. The molecule has 3 fully saturated rings. The molecule has 0 aromatic carbocycles. The highest BCUT2D eigenvalue weighted by Gasteiger charge is 2.48. The molecule has 3 heteroatoms. The predicted octanol–water partition coefficient (Wildman–Crippen LogP) is 1.21. The van der Waals surface area contributed by atoms with Gasteiger partial charge in [0.15, 0.2) is 0 Å². The lowest BCUT2D eigenvalue weighted by molar-refractivity contribution is 0.161. The Morgan fingerprint density at radius 3 is 2.39 bits per heavy atom. The van der Waals surface area contributed by atoms with E-state index in [4.69, 9.17) is 0 Å². The van der Waals surface area contributed by atoms with Gasteiger partial charge in [-0.1, -0.05) is 6.92 Å². The van der Waals surface area contributed by atoms with Crippen LogP contribution in [-0.2, 0) is 0 Å². The van der Waals surface area contributed by atoms with E-state index in [0.717, 1.165) is 11.8 Å². The molecule has 3 rings (SSSR count). The van der Waals surface area contributed by atoms with E-state index in [0.29, 0.717) is 5.41 Å². The Labute approximate surface area is 112 Å². The molecule has 3 saturated heterocycles. The molecule has 0 bridgehead atoms. The Morgan fingerprint density at radius 2 is 1.72 bits per heavy atom. The molecule has 3 heterocycles. The first-order valence-electron chi connectivity index (χ1n) is 7.65. The standard InChI is InChI=1S/C15H29N3/c1-15-11-17(3)9-14(15)10-18(12-15)8-13-4-6-16(2)7-5-13/h13-14H,4-12H2,1-3H3/t14-,15+/m0/s1. The van der Waals surface area contributed by atoms with Crippen LogP contribution in [0.3, 0.4) is 0 Å². The summed E-state index contributed by atoms with van der Waals surface area (Å²) in [4.78, 5) is 7.77. The molecule has 0 amide bonds. The Kier molecular flexibility index (Phi) is 3.41. The molecule has 0 saturated carbocycles. The highest BCUT2D eigenvalue weighted by atomic mass is 15.2. The summed E-state index contributed by atoms with van der Waals surface area (Å²) < 4.78 is 0. The maximum Gasteiger partial charge on any atom is 0.00515 e. The first kappa shape index (κ1) is 12.9. The van der Waals surface area contributed by atoms with Gasteiger partial charge in [0.2, 0.25) is 0 Å². The smallest absolute Gasteiger partial charge is 0.00515 e. The first-order valence-corrected chi connectivity index (χ1v) is 7.65. The number of fused-ring (bicyclic) bond motifs is 1. The molecule has 0 N–H and O–H groups in total. The van der Waals surface area contributed by atoms with Crippen molar-refractivity contribution >= 4 is 0 Å². The van der Waals surface area contributed by atoms with Gasteiger partial charge >= 0.3 is 0 Å². The topological polar surface area (TPSA) is 9.72 Å². The van der Waals surface area contributed by atoms with Crippen LogP contribution in [0.25, 0.3) is 0 Å². The molecule has 0 spiro atoms. The number of piperidine rings is 1. The quantitative estimate of drug-likeness (QED) is 0.730. The lowest BCUT2D eigenvalue weighted by Crippen LogP contribution is -2.38. The lowest BCUT2D eigenvalue weighted by atomic mass is 9.83. The van der Waals surface area contributed by atoms with E-state index in [1.54, 1.807) is 0 Å². The molecule has 0 aliphatic carbocycles. The van der Waals surface area contributed by atoms with Gasteiger partial charge in [-0.05, 0) is 57.3 Å². The fourth-order valence-electron chi connectivity index (χ4n) is 4.50. The van der Waals surface area contributed by atoms with Gasteiger partial charge in [-0.25, -0.2) is 0 Å². The van der Waals surface area contributed by atoms with Crippen molar-refractivity contribution in [3.05, 3.63) is 0 Å². The van der Waals surface area contributed by atoms with Crippen molar-refractivity contribution in [3.63, 3.8) is 0 Å². The molecular formula is C15H29N3. The Hall–Kier alpha value is -0.120. The van der Waals surface area contributed by atoms with Crippen molar-refractivity contribution in [1.29, 1.82) is 0 Å². The summed E-state index contributed by atoms with van der Waals surface area (Å²) in [6.07, 6.45) is 2.82. The van der Waals surface area contributed by atoms with Crippen molar-refractivity contribution in [1.82, 2.24) is 14.7 Å². The van der Waals surface area contributed by atoms with Crippen LogP contribution in [0.2, 0.25) is 0 Å². The average molecular weight is 251 g/mol. The normalized spacial score (nSPS) is 40.5. The molecular weight excluding hydrogens is 222 g/mol. The van der Waals surface area contributed by atoms with E-state index in [1.807, 2.05) is 0 Å². The predicted molar refractivity (Wildman–Crippen MR) is 75.8 cm³/mol. The third kappa shape index (κ3) is 2.45. The van der Waals surface area contributed by atoms with Crippen molar-refractivity contribution < 1.29 is 0 Å². The van der Waals surface area contributed by atoms with Crippen molar-refractivity contribution in [2.45, 2.75) is 19.8 Å². The van der Waals surface area contributed by atoms with Gasteiger partial charge in [-0.3, -0.25) is 0 Å². The number of rotatable bonds is 2. The Morgan fingerprint density at radius 1 is 1.00 bits per heavy atom. The van der Waals surface area contributed by atoms with E-state index in [9.17, 15) is 0 Å². The van der Waals surface area contributed by atoms with E-state index < -0.39 is 0 Å². The molecule has 2 atom stereocenters. The number of nitrogens with zero attached hydrogens (tertiary/aromatic N) is 3. The van der Waals surface area contributed by atoms with Crippen LogP contribution in [0.1, 0.15) is 19.8 Å². The van der Waals surface area contributed by atoms with Crippen LogP contribution in [0.15, 0.2) is 0 Å². The second-order valence-corrected chi connectivity index (χ2v) is 7.49. The van der Waals surface area contributed by atoms with Gasteiger partial charge in [0.05, 0.1) is 0 Å². The highest BCUT2D eigenvalue weighted by molar-refractivity contribution is 5.01. The Bertz CT molecular complexity index is 298. The molecule has 3 aliphatic rings. The summed E-state index contributed by atoms with van der Waals surface area (Å²) in [6, 6.07) is 0. The summed E-state index contributed by atoms with van der Waals surface area (Å²) in [5.74, 6) is 1.88. The van der Waals surface area contributed by atoms with E-state index in [1.165, 1.54) is 58.7 Å². The highest BCUT2D eigenvalue weighted by Crippen LogP contribution is 2.41. The molecule has 3 aliphatic heterocycles. The largest absolute Gasteiger partial charge is 0.306 e. The number of likely N-dealkylation sites (tertiary alicyclic amines) is 3. The summed E-state index contributed by atoms with van der Waals surface area (Å²) in [5.41, 5.74) is 0.584. The van der Waals surface area contributed by atoms with Crippen molar-refractivity contribution in [3.8, 4) is 0 Å². The van der Waals surface area contributed by atoms with Gasteiger partial charge in [0, 0.05) is 32.7 Å². The molecule has 0 unspecified atom stereocenters. The zero-order valence-electron chi connectivity index (χ0n) is 12.4.